The van der Waals surface area contributed by atoms with Gasteiger partial charge in [0, 0.05) is 50.0 Å². The summed E-state index contributed by atoms with van der Waals surface area (Å²) in [5, 5.41) is 0.411. The predicted molar refractivity (Wildman–Crippen MR) is 120 cm³/mol. The first-order valence-corrected chi connectivity index (χ1v) is 12.1. The summed E-state index contributed by atoms with van der Waals surface area (Å²) in [6, 6.07) is 11.4. The zero-order valence-electron chi connectivity index (χ0n) is 17.4. The van der Waals surface area contributed by atoms with Crippen LogP contribution >= 0.6 is 11.6 Å². The van der Waals surface area contributed by atoms with E-state index < -0.39 is 10.0 Å². The molecule has 1 atom stereocenters. The molecule has 2 aromatic rings. The molecule has 2 aliphatic rings. The number of nitrogens with one attached hydrogen (secondary N) is 1. The lowest BCUT2D eigenvalue weighted by Crippen LogP contribution is -2.43. The van der Waals surface area contributed by atoms with Crippen LogP contribution in [0.3, 0.4) is 0 Å². The lowest BCUT2D eigenvalue weighted by atomic mass is 10.0. The van der Waals surface area contributed by atoms with Crippen LogP contribution in [0.5, 0.6) is 0 Å². The lowest BCUT2D eigenvalue weighted by Gasteiger charge is -2.35. The number of ether oxygens (including phenoxy) is 1. The molecular formula is C22H28ClN3O3S. The number of anilines is 1. The maximum absolute atomic E-state index is 13.0. The van der Waals surface area contributed by atoms with Crippen LogP contribution in [0.1, 0.15) is 22.7 Å². The van der Waals surface area contributed by atoms with E-state index in [0.29, 0.717) is 30.3 Å². The minimum absolute atomic E-state index is 0.0561. The minimum atomic E-state index is -3.68. The summed E-state index contributed by atoms with van der Waals surface area (Å²) in [5.41, 5.74) is 4.39. The molecule has 162 valence electrons. The van der Waals surface area contributed by atoms with Gasteiger partial charge in [0.15, 0.2) is 0 Å². The van der Waals surface area contributed by atoms with Crippen LogP contribution in [0.2, 0.25) is 5.02 Å². The molecule has 1 saturated heterocycles. The number of hydrogen-bond donors (Lipinski definition) is 1. The van der Waals surface area contributed by atoms with E-state index in [1.807, 2.05) is 0 Å². The van der Waals surface area contributed by atoms with Crippen molar-refractivity contribution < 1.29 is 13.2 Å². The van der Waals surface area contributed by atoms with E-state index in [9.17, 15) is 8.42 Å². The highest BCUT2D eigenvalue weighted by Gasteiger charge is 2.27. The number of halogens is 1. The number of likely N-dealkylation sites (N-methyl/N-ethyl adjacent to an activating group) is 1. The first kappa shape index (κ1) is 21.6. The molecule has 0 saturated carbocycles. The van der Waals surface area contributed by atoms with Crippen molar-refractivity contribution >= 4 is 27.3 Å². The van der Waals surface area contributed by atoms with Gasteiger partial charge in [-0.1, -0.05) is 29.8 Å². The van der Waals surface area contributed by atoms with Gasteiger partial charge in [0.1, 0.15) is 0 Å². The van der Waals surface area contributed by atoms with Crippen LogP contribution in [0, 0.1) is 6.92 Å². The molecule has 0 aromatic heterocycles. The van der Waals surface area contributed by atoms with Crippen LogP contribution in [-0.4, -0.2) is 59.8 Å². The molecule has 6 nitrogen and oxygen atoms in total. The fourth-order valence-electron chi connectivity index (χ4n) is 4.27. The average molecular weight is 450 g/mol. The first-order valence-electron chi connectivity index (χ1n) is 10.3. The number of aryl methyl sites for hydroxylation is 1. The standard InChI is InChI=1S/C22H28ClN3O3S/c1-16-3-5-19(23)14-22(16)30(27,28)24-15-21(26-9-11-29-12-10-26)17-4-6-20-18(13-17)7-8-25(20)2/h3-6,13-14,21,24H,7-12,15H2,1-2H3/t21-/m0/s1. The van der Waals surface area contributed by atoms with Crippen LogP contribution < -0.4 is 9.62 Å². The molecule has 4 rings (SSSR count). The Morgan fingerprint density at radius 3 is 2.67 bits per heavy atom. The van der Waals surface area contributed by atoms with E-state index in [4.69, 9.17) is 16.3 Å². The Bertz CT molecular complexity index is 1020. The Hall–Kier alpha value is -1.64. The van der Waals surface area contributed by atoms with Gasteiger partial charge in [-0.25, -0.2) is 13.1 Å². The molecule has 1 N–H and O–H groups in total. The number of morpholine rings is 1. The molecule has 0 bridgehead atoms. The molecule has 2 heterocycles. The predicted octanol–water partition coefficient (Wildman–Crippen LogP) is 2.99. The van der Waals surface area contributed by atoms with E-state index in [1.165, 1.54) is 17.3 Å². The summed E-state index contributed by atoms with van der Waals surface area (Å²) >= 11 is 6.05. The highest BCUT2D eigenvalue weighted by Crippen LogP contribution is 2.31. The Kier molecular flexibility index (Phi) is 6.36. The summed E-state index contributed by atoms with van der Waals surface area (Å²) in [4.78, 5) is 4.79. The third-order valence-corrected chi connectivity index (χ3v) is 7.81. The second kappa shape index (κ2) is 8.85. The molecule has 0 unspecified atom stereocenters. The van der Waals surface area contributed by atoms with Gasteiger partial charge < -0.3 is 9.64 Å². The number of hydrogen-bond acceptors (Lipinski definition) is 5. The van der Waals surface area contributed by atoms with Gasteiger partial charge in [0.25, 0.3) is 0 Å². The highest BCUT2D eigenvalue weighted by atomic mass is 35.5. The summed E-state index contributed by atoms with van der Waals surface area (Å²) < 4.78 is 34.4. The smallest absolute Gasteiger partial charge is 0.240 e. The highest BCUT2D eigenvalue weighted by molar-refractivity contribution is 7.89. The van der Waals surface area contributed by atoms with E-state index in [-0.39, 0.29) is 10.9 Å². The van der Waals surface area contributed by atoms with E-state index >= 15 is 0 Å². The molecule has 2 aromatic carbocycles. The molecule has 0 radical (unpaired) electrons. The van der Waals surface area contributed by atoms with Crippen molar-refractivity contribution in [3.63, 3.8) is 0 Å². The zero-order valence-corrected chi connectivity index (χ0v) is 19.0. The molecular weight excluding hydrogens is 422 g/mol. The van der Waals surface area contributed by atoms with Crippen LogP contribution in [0.4, 0.5) is 5.69 Å². The van der Waals surface area contributed by atoms with Gasteiger partial charge in [0.05, 0.1) is 18.1 Å². The summed E-state index contributed by atoms with van der Waals surface area (Å²) in [6.07, 6.45) is 1.02. The minimum Gasteiger partial charge on any atom is -0.379 e. The SMILES string of the molecule is Cc1ccc(Cl)cc1S(=O)(=O)NC[C@@H](c1ccc2c(c1)CCN2C)N1CCOCC1. The van der Waals surface area contributed by atoms with Crippen molar-refractivity contribution in [2.24, 2.45) is 0 Å². The Morgan fingerprint density at radius 2 is 1.90 bits per heavy atom. The van der Waals surface area contributed by atoms with Crippen molar-refractivity contribution in [1.29, 1.82) is 0 Å². The number of sulfonamides is 1. The second-order valence-electron chi connectivity index (χ2n) is 7.99. The maximum atomic E-state index is 13.0. The third kappa shape index (κ3) is 4.50. The first-order chi connectivity index (χ1) is 14.3. The molecule has 30 heavy (non-hydrogen) atoms. The fraction of sp³-hybridized carbons (Fsp3) is 0.455. The molecule has 0 aliphatic carbocycles. The second-order valence-corrected chi connectivity index (χ2v) is 10.2. The molecule has 0 spiro atoms. The van der Waals surface area contributed by atoms with Crippen molar-refractivity contribution in [2.75, 3.05) is 51.3 Å². The van der Waals surface area contributed by atoms with Crippen LogP contribution in [0.15, 0.2) is 41.3 Å². The Morgan fingerprint density at radius 1 is 1.13 bits per heavy atom. The quantitative estimate of drug-likeness (QED) is 0.734. The van der Waals surface area contributed by atoms with Gasteiger partial charge in [-0.05, 0) is 48.2 Å². The normalized spacial score (nSPS) is 18.4. The number of fused-ring (bicyclic) bond motifs is 1. The van der Waals surface area contributed by atoms with Gasteiger partial charge in [-0.2, -0.15) is 0 Å². The van der Waals surface area contributed by atoms with Gasteiger partial charge >= 0.3 is 0 Å². The average Bonchev–Trinajstić information content (AvgIpc) is 3.11. The summed E-state index contributed by atoms with van der Waals surface area (Å²) in [6.45, 7) is 5.96. The summed E-state index contributed by atoms with van der Waals surface area (Å²) in [7, 11) is -1.57. The fourth-order valence-corrected chi connectivity index (χ4v) is 5.81. The monoisotopic (exact) mass is 449 g/mol. The Labute approximate surface area is 183 Å². The van der Waals surface area contributed by atoms with Crippen LogP contribution in [-0.2, 0) is 21.2 Å². The molecule has 2 aliphatic heterocycles. The number of rotatable bonds is 6. The molecule has 8 heteroatoms. The lowest BCUT2D eigenvalue weighted by molar-refractivity contribution is 0.0172. The Balaban J connectivity index is 1.60. The van der Waals surface area contributed by atoms with Crippen molar-refractivity contribution in [2.45, 2.75) is 24.3 Å². The van der Waals surface area contributed by atoms with Gasteiger partial charge in [-0.15, -0.1) is 0 Å². The largest absolute Gasteiger partial charge is 0.379 e. The molecule has 1 fully saturated rings. The van der Waals surface area contributed by atoms with Crippen molar-refractivity contribution in [3.8, 4) is 0 Å². The van der Waals surface area contributed by atoms with Crippen molar-refractivity contribution in [1.82, 2.24) is 9.62 Å². The van der Waals surface area contributed by atoms with Crippen molar-refractivity contribution in [3.05, 3.63) is 58.1 Å². The molecule has 0 amide bonds. The summed E-state index contributed by atoms with van der Waals surface area (Å²) in [5.74, 6) is 0. The topological polar surface area (TPSA) is 61.9 Å². The van der Waals surface area contributed by atoms with E-state index in [2.05, 4.69) is 39.8 Å². The number of benzene rings is 2. The number of nitrogens with zero attached hydrogens (tertiary/aromatic N) is 2. The third-order valence-electron chi connectivity index (χ3n) is 6.01. The van der Waals surface area contributed by atoms with Crippen LogP contribution in [0.25, 0.3) is 0 Å². The van der Waals surface area contributed by atoms with Gasteiger partial charge in [0.2, 0.25) is 10.0 Å². The zero-order chi connectivity index (χ0) is 21.3. The van der Waals surface area contributed by atoms with E-state index in [0.717, 1.165) is 31.6 Å². The van der Waals surface area contributed by atoms with E-state index in [1.54, 1.807) is 19.1 Å². The van der Waals surface area contributed by atoms with Gasteiger partial charge in [-0.3, -0.25) is 4.90 Å². The maximum Gasteiger partial charge on any atom is 0.240 e.